The van der Waals surface area contributed by atoms with E-state index in [1.165, 1.54) is 0 Å². The first-order valence-electron chi connectivity index (χ1n) is 8.57. The number of unbranched alkanes of at least 4 members (excludes halogenated alkanes) is 2. The van der Waals surface area contributed by atoms with Crippen LogP contribution in [0.3, 0.4) is 0 Å². The summed E-state index contributed by atoms with van der Waals surface area (Å²) in [6, 6.07) is 7.85. The third-order valence-corrected chi connectivity index (χ3v) is 3.57. The highest BCUT2D eigenvalue weighted by Crippen LogP contribution is 2.02. The van der Waals surface area contributed by atoms with Crippen molar-refractivity contribution in [3.63, 3.8) is 0 Å². The molecule has 27 heavy (non-hydrogen) atoms. The lowest BCUT2D eigenvalue weighted by Gasteiger charge is -2.12. The molecule has 0 aliphatic rings. The quantitative estimate of drug-likeness (QED) is 0.403. The monoisotopic (exact) mass is 380 g/mol. The van der Waals surface area contributed by atoms with Crippen LogP contribution in [0, 0.1) is 0 Å². The lowest BCUT2D eigenvalue weighted by molar-refractivity contribution is -0.147. The number of carbonyl (C=O) groups is 4. The molecule has 0 aromatic heterocycles. The summed E-state index contributed by atoms with van der Waals surface area (Å²) in [7, 11) is 0. The summed E-state index contributed by atoms with van der Waals surface area (Å²) in [5.41, 5.74) is 0.890. The second kappa shape index (κ2) is 12.3. The minimum atomic E-state index is -1.43. The number of hydrogen-bond acceptors (Lipinski definition) is 5. The van der Waals surface area contributed by atoms with Gasteiger partial charge >= 0.3 is 18.0 Å². The summed E-state index contributed by atoms with van der Waals surface area (Å²) in [6.07, 6.45) is 0.660. The van der Waals surface area contributed by atoms with E-state index in [9.17, 15) is 19.2 Å². The summed E-state index contributed by atoms with van der Waals surface area (Å²) in [5, 5.41) is 22.2. The molecule has 9 nitrogen and oxygen atoms in total. The molecule has 1 rings (SSSR count). The van der Waals surface area contributed by atoms with Gasteiger partial charge in [0.2, 0.25) is 5.91 Å². The normalized spacial score (nSPS) is 11.3. The van der Waals surface area contributed by atoms with E-state index in [1.54, 1.807) is 0 Å². The molecule has 0 bridgehead atoms. The molecule has 0 unspecified atom stereocenters. The third kappa shape index (κ3) is 10.5. The first kappa shape index (κ1) is 21.9. The lowest BCUT2D eigenvalue weighted by atomic mass is 10.1. The fourth-order valence-electron chi connectivity index (χ4n) is 2.19. The molecule has 0 aliphatic carbocycles. The van der Waals surface area contributed by atoms with Gasteiger partial charge in [0.05, 0.1) is 6.42 Å². The zero-order chi connectivity index (χ0) is 20.1. The molecule has 4 N–H and O–H groups in total. The molecule has 1 atom stereocenters. The Balaban J connectivity index is 2.08. The molecular formula is C18H24N2O7. The number of carboxylic acid groups (broad SMARTS) is 2. The van der Waals surface area contributed by atoms with E-state index in [0.717, 1.165) is 5.56 Å². The topological polar surface area (TPSA) is 142 Å². The van der Waals surface area contributed by atoms with E-state index in [-0.39, 0.29) is 13.0 Å². The number of amides is 2. The molecule has 1 aromatic carbocycles. The maximum atomic E-state index is 11.6. The SMILES string of the molecule is O=C(O)C[C@@H](NC(=O)CCCCCNC(=O)OCc1ccccc1)C(=O)O. The van der Waals surface area contributed by atoms with E-state index in [1.807, 2.05) is 30.3 Å². The highest BCUT2D eigenvalue weighted by molar-refractivity contribution is 5.86. The maximum Gasteiger partial charge on any atom is 0.407 e. The summed E-state index contributed by atoms with van der Waals surface area (Å²) >= 11 is 0. The van der Waals surface area contributed by atoms with Gasteiger partial charge in [0, 0.05) is 13.0 Å². The van der Waals surface area contributed by atoms with E-state index >= 15 is 0 Å². The summed E-state index contributed by atoms with van der Waals surface area (Å²) < 4.78 is 5.05. The molecule has 0 aliphatic heterocycles. The average Bonchev–Trinajstić information content (AvgIpc) is 2.62. The van der Waals surface area contributed by atoms with Gasteiger partial charge in [-0.25, -0.2) is 9.59 Å². The Morgan fingerprint density at radius 2 is 1.70 bits per heavy atom. The Morgan fingerprint density at radius 1 is 1.00 bits per heavy atom. The number of nitrogens with one attached hydrogen (secondary N) is 2. The van der Waals surface area contributed by atoms with Crippen molar-refractivity contribution in [2.24, 2.45) is 0 Å². The number of rotatable bonds is 12. The molecule has 1 aromatic rings. The molecule has 9 heteroatoms. The Labute approximate surface area is 156 Å². The van der Waals surface area contributed by atoms with Gasteiger partial charge in [-0.2, -0.15) is 0 Å². The molecule has 0 saturated carbocycles. The van der Waals surface area contributed by atoms with Crippen LogP contribution in [-0.2, 0) is 25.7 Å². The van der Waals surface area contributed by atoms with Gasteiger partial charge in [-0.05, 0) is 18.4 Å². The first-order chi connectivity index (χ1) is 12.9. The Kier molecular flexibility index (Phi) is 9.98. The van der Waals surface area contributed by atoms with Crippen molar-refractivity contribution in [3.05, 3.63) is 35.9 Å². The lowest BCUT2D eigenvalue weighted by Crippen LogP contribution is -2.42. The summed E-state index contributed by atoms with van der Waals surface area (Å²) in [4.78, 5) is 44.6. The fraction of sp³-hybridized carbons (Fsp3) is 0.444. The van der Waals surface area contributed by atoms with Crippen LogP contribution in [0.15, 0.2) is 30.3 Å². The number of ether oxygens (including phenoxy) is 1. The highest BCUT2D eigenvalue weighted by Gasteiger charge is 2.22. The van der Waals surface area contributed by atoms with Crippen molar-refractivity contribution in [3.8, 4) is 0 Å². The molecule has 0 saturated heterocycles. The summed E-state index contributed by atoms with van der Waals surface area (Å²) in [6.45, 7) is 0.583. The predicted molar refractivity (Wildman–Crippen MR) is 94.9 cm³/mol. The minimum absolute atomic E-state index is 0.0852. The van der Waals surface area contributed by atoms with Crippen molar-refractivity contribution in [1.29, 1.82) is 0 Å². The summed E-state index contributed by atoms with van der Waals surface area (Å²) in [5.74, 6) is -3.20. The largest absolute Gasteiger partial charge is 0.481 e. The molecule has 0 fully saturated rings. The molecule has 2 amide bonds. The van der Waals surface area contributed by atoms with Crippen molar-refractivity contribution >= 4 is 23.9 Å². The van der Waals surface area contributed by atoms with Crippen LogP contribution < -0.4 is 10.6 Å². The van der Waals surface area contributed by atoms with Gasteiger partial charge < -0.3 is 25.6 Å². The molecule has 0 radical (unpaired) electrons. The van der Waals surface area contributed by atoms with Gasteiger partial charge in [-0.15, -0.1) is 0 Å². The molecule has 0 spiro atoms. The zero-order valence-corrected chi connectivity index (χ0v) is 14.8. The van der Waals surface area contributed by atoms with Crippen molar-refractivity contribution in [2.75, 3.05) is 6.54 Å². The van der Waals surface area contributed by atoms with E-state index in [0.29, 0.717) is 25.8 Å². The predicted octanol–water partition coefficient (Wildman–Crippen LogP) is 1.52. The van der Waals surface area contributed by atoms with Gasteiger partial charge in [-0.1, -0.05) is 36.8 Å². The standard InChI is InChI=1S/C18H24N2O7/c21-15(20-14(17(24)25)11-16(22)23)9-5-2-6-10-19-18(26)27-12-13-7-3-1-4-8-13/h1,3-4,7-8,14H,2,5-6,9-12H2,(H,19,26)(H,20,21)(H,22,23)(H,24,25)/t14-/m1/s1. The average molecular weight is 380 g/mol. The van der Waals surface area contributed by atoms with Gasteiger partial charge in [0.25, 0.3) is 0 Å². The van der Waals surface area contributed by atoms with Crippen LogP contribution >= 0.6 is 0 Å². The van der Waals surface area contributed by atoms with Crippen LogP contribution in [0.1, 0.15) is 37.7 Å². The Morgan fingerprint density at radius 3 is 2.33 bits per heavy atom. The number of benzene rings is 1. The van der Waals surface area contributed by atoms with Crippen LogP contribution in [0.25, 0.3) is 0 Å². The Bertz CT molecular complexity index is 634. The van der Waals surface area contributed by atoms with Gasteiger partial charge in [-0.3, -0.25) is 9.59 Å². The maximum absolute atomic E-state index is 11.6. The van der Waals surface area contributed by atoms with Gasteiger partial charge in [0.1, 0.15) is 12.6 Å². The molecule has 0 heterocycles. The van der Waals surface area contributed by atoms with Crippen LogP contribution in [0.5, 0.6) is 0 Å². The van der Waals surface area contributed by atoms with E-state index in [2.05, 4.69) is 10.6 Å². The first-order valence-corrected chi connectivity index (χ1v) is 8.57. The molecular weight excluding hydrogens is 356 g/mol. The fourth-order valence-corrected chi connectivity index (χ4v) is 2.19. The van der Waals surface area contributed by atoms with Crippen LogP contribution in [0.2, 0.25) is 0 Å². The Hall–Kier alpha value is -3.10. The van der Waals surface area contributed by atoms with Crippen molar-refractivity contribution < 1.29 is 34.1 Å². The zero-order valence-electron chi connectivity index (χ0n) is 14.8. The third-order valence-electron chi connectivity index (χ3n) is 3.57. The van der Waals surface area contributed by atoms with E-state index in [4.69, 9.17) is 14.9 Å². The van der Waals surface area contributed by atoms with Crippen LogP contribution in [0.4, 0.5) is 4.79 Å². The minimum Gasteiger partial charge on any atom is -0.481 e. The number of hydrogen-bond donors (Lipinski definition) is 4. The second-order valence-electron chi connectivity index (χ2n) is 5.86. The van der Waals surface area contributed by atoms with Crippen molar-refractivity contribution in [1.82, 2.24) is 10.6 Å². The number of carboxylic acids is 2. The number of aliphatic carboxylic acids is 2. The molecule has 148 valence electrons. The van der Waals surface area contributed by atoms with Crippen molar-refractivity contribution in [2.45, 2.75) is 44.8 Å². The van der Waals surface area contributed by atoms with Gasteiger partial charge in [0.15, 0.2) is 0 Å². The smallest absolute Gasteiger partial charge is 0.407 e. The van der Waals surface area contributed by atoms with Crippen LogP contribution in [-0.4, -0.2) is 46.7 Å². The van der Waals surface area contributed by atoms with E-state index < -0.39 is 36.4 Å². The second-order valence-corrected chi connectivity index (χ2v) is 5.86. The highest BCUT2D eigenvalue weighted by atomic mass is 16.5. The number of carbonyl (C=O) groups excluding carboxylic acids is 2. The number of alkyl carbamates (subject to hydrolysis) is 1.